The lowest BCUT2D eigenvalue weighted by atomic mass is 9.98. The normalized spacial score (nSPS) is 14.5. The van der Waals surface area contributed by atoms with Crippen molar-refractivity contribution in [2.24, 2.45) is 5.73 Å². The van der Waals surface area contributed by atoms with Crippen molar-refractivity contribution < 1.29 is 14.3 Å². The highest BCUT2D eigenvalue weighted by atomic mass is 32.2. The molecule has 0 aliphatic rings. The van der Waals surface area contributed by atoms with Crippen LogP contribution in [0.2, 0.25) is 0 Å². The highest BCUT2D eigenvalue weighted by Gasteiger charge is 2.28. The molecule has 0 fully saturated rings. The van der Waals surface area contributed by atoms with Crippen LogP contribution in [0.4, 0.5) is 0 Å². The summed E-state index contributed by atoms with van der Waals surface area (Å²) in [7, 11) is 3.08. The van der Waals surface area contributed by atoms with Crippen molar-refractivity contribution in [3.8, 4) is 0 Å². The lowest BCUT2D eigenvalue weighted by molar-refractivity contribution is -0.146. The van der Waals surface area contributed by atoms with Gasteiger partial charge < -0.3 is 15.2 Å². The molecule has 0 saturated carbocycles. The van der Waals surface area contributed by atoms with Crippen molar-refractivity contribution in [2.45, 2.75) is 31.7 Å². The Balaban J connectivity index is 3.47. The number of carbonyl (C=O) groups is 1. The van der Waals surface area contributed by atoms with E-state index in [0.717, 1.165) is 31.0 Å². The van der Waals surface area contributed by atoms with Crippen molar-refractivity contribution in [1.29, 1.82) is 0 Å². The number of carbonyl (C=O) groups excluding carboxylic acids is 1. The Morgan fingerprint density at radius 1 is 1.31 bits per heavy atom. The number of hydrogen-bond acceptors (Lipinski definition) is 5. The van der Waals surface area contributed by atoms with Gasteiger partial charge in [0.15, 0.2) is 0 Å². The Bertz CT molecular complexity index is 198. The fraction of sp³-hybridized carbons (Fsp3) is 0.909. The van der Waals surface area contributed by atoms with Crippen LogP contribution in [0.15, 0.2) is 0 Å². The molecular formula is C11H23NO3S. The third-order valence-corrected chi connectivity index (χ3v) is 3.43. The highest BCUT2D eigenvalue weighted by Crippen LogP contribution is 2.14. The lowest BCUT2D eigenvalue weighted by Crippen LogP contribution is -2.45. The summed E-state index contributed by atoms with van der Waals surface area (Å²) in [6, 6.07) is 0. The molecule has 4 nitrogen and oxygen atoms in total. The van der Waals surface area contributed by atoms with Gasteiger partial charge in [-0.3, -0.25) is 4.79 Å². The topological polar surface area (TPSA) is 61.5 Å². The maximum Gasteiger partial charge on any atom is 0.325 e. The fourth-order valence-electron chi connectivity index (χ4n) is 1.28. The van der Waals surface area contributed by atoms with Crippen molar-refractivity contribution >= 4 is 17.7 Å². The van der Waals surface area contributed by atoms with Crippen molar-refractivity contribution in [3.63, 3.8) is 0 Å². The van der Waals surface area contributed by atoms with Gasteiger partial charge in [0, 0.05) is 13.7 Å². The van der Waals surface area contributed by atoms with Gasteiger partial charge in [-0.25, -0.2) is 0 Å². The molecule has 0 saturated heterocycles. The second kappa shape index (κ2) is 8.84. The lowest BCUT2D eigenvalue weighted by Gasteiger charge is -2.20. The van der Waals surface area contributed by atoms with Crippen LogP contribution >= 0.6 is 11.8 Å². The Kier molecular flexibility index (Phi) is 8.70. The molecule has 5 heteroatoms. The standard InChI is InChI=1S/C11H23NO3S/c1-11(12,10(13)15-3)6-4-8-16-9-5-7-14-2/h4-9,12H2,1-3H3. The molecule has 0 aliphatic carbocycles. The highest BCUT2D eigenvalue weighted by molar-refractivity contribution is 7.99. The number of rotatable bonds is 9. The maximum absolute atomic E-state index is 11.3. The first kappa shape index (κ1) is 15.7. The zero-order valence-electron chi connectivity index (χ0n) is 10.5. The van der Waals surface area contributed by atoms with Gasteiger partial charge in [-0.05, 0) is 37.7 Å². The summed E-state index contributed by atoms with van der Waals surface area (Å²) in [5, 5.41) is 0. The molecule has 0 rings (SSSR count). The Hall–Kier alpha value is -0.260. The van der Waals surface area contributed by atoms with E-state index in [-0.39, 0.29) is 5.97 Å². The van der Waals surface area contributed by atoms with E-state index in [2.05, 4.69) is 4.74 Å². The first-order valence-electron chi connectivity index (χ1n) is 5.48. The van der Waals surface area contributed by atoms with Gasteiger partial charge in [-0.1, -0.05) is 0 Å². The molecular weight excluding hydrogens is 226 g/mol. The van der Waals surface area contributed by atoms with Crippen molar-refractivity contribution in [3.05, 3.63) is 0 Å². The number of methoxy groups -OCH3 is 2. The Morgan fingerprint density at radius 2 is 1.94 bits per heavy atom. The third kappa shape index (κ3) is 7.09. The van der Waals surface area contributed by atoms with E-state index in [1.54, 1.807) is 14.0 Å². The number of thioether (sulfide) groups is 1. The summed E-state index contributed by atoms with van der Waals surface area (Å²) in [6.45, 7) is 2.53. The summed E-state index contributed by atoms with van der Waals surface area (Å²) in [4.78, 5) is 11.3. The van der Waals surface area contributed by atoms with Crippen LogP contribution < -0.4 is 5.73 Å². The van der Waals surface area contributed by atoms with Crippen LogP contribution in [0.5, 0.6) is 0 Å². The Labute approximate surface area is 102 Å². The van der Waals surface area contributed by atoms with Crippen LogP contribution in [0.25, 0.3) is 0 Å². The average molecular weight is 249 g/mol. The van der Waals surface area contributed by atoms with Gasteiger partial charge in [0.1, 0.15) is 5.54 Å². The number of esters is 1. The number of ether oxygens (including phenoxy) is 2. The van der Waals surface area contributed by atoms with E-state index >= 15 is 0 Å². The fourth-order valence-corrected chi connectivity index (χ4v) is 2.16. The quantitative estimate of drug-likeness (QED) is 0.495. The van der Waals surface area contributed by atoms with Gasteiger partial charge in [0.05, 0.1) is 7.11 Å². The van der Waals surface area contributed by atoms with Crippen LogP contribution in [0.3, 0.4) is 0 Å². The van der Waals surface area contributed by atoms with Crippen LogP contribution in [-0.2, 0) is 14.3 Å². The molecule has 0 spiro atoms. The molecule has 0 bridgehead atoms. The summed E-state index contributed by atoms with van der Waals surface area (Å²) in [5.41, 5.74) is 4.98. The Morgan fingerprint density at radius 3 is 2.50 bits per heavy atom. The summed E-state index contributed by atoms with van der Waals surface area (Å²) >= 11 is 1.87. The molecule has 96 valence electrons. The van der Waals surface area contributed by atoms with Crippen molar-refractivity contribution in [1.82, 2.24) is 0 Å². The zero-order chi connectivity index (χ0) is 12.4. The zero-order valence-corrected chi connectivity index (χ0v) is 11.3. The predicted octanol–water partition coefficient (Wildman–Crippen LogP) is 1.43. The molecule has 1 unspecified atom stereocenters. The molecule has 0 amide bonds. The van der Waals surface area contributed by atoms with Gasteiger partial charge in [0.2, 0.25) is 0 Å². The number of hydrogen-bond donors (Lipinski definition) is 1. The first-order valence-corrected chi connectivity index (χ1v) is 6.64. The maximum atomic E-state index is 11.3. The molecule has 0 aliphatic heterocycles. The molecule has 0 aromatic heterocycles. The van der Waals surface area contributed by atoms with Crippen LogP contribution in [-0.4, -0.2) is 43.8 Å². The molecule has 1 atom stereocenters. The van der Waals surface area contributed by atoms with Crippen molar-refractivity contribution in [2.75, 3.05) is 32.3 Å². The van der Waals surface area contributed by atoms with E-state index in [4.69, 9.17) is 10.5 Å². The number of nitrogens with two attached hydrogens (primary N) is 1. The molecule has 2 N–H and O–H groups in total. The molecule has 0 heterocycles. The van der Waals surface area contributed by atoms with Gasteiger partial charge in [0.25, 0.3) is 0 Å². The van der Waals surface area contributed by atoms with E-state index in [1.165, 1.54) is 7.11 Å². The molecule has 16 heavy (non-hydrogen) atoms. The monoisotopic (exact) mass is 249 g/mol. The molecule has 0 radical (unpaired) electrons. The van der Waals surface area contributed by atoms with Crippen LogP contribution in [0, 0.1) is 0 Å². The largest absolute Gasteiger partial charge is 0.468 e. The summed E-state index contributed by atoms with van der Waals surface area (Å²) < 4.78 is 9.59. The first-order chi connectivity index (χ1) is 7.54. The van der Waals surface area contributed by atoms with Crippen LogP contribution in [0.1, 0.15) is 26.2 Å². The molecule has 0 aromatic carbocycles. The minimum absolute atomic E-state index is 0.336. The second-order valence-corrected chi connectivity index (χ2v) is 5.20. The van der Waals surface area contributed by atoms with Gasteiger partial charge in [-0.2, -0.15) is 11.8 Å². The third-order valence-electron chi connectivity index (χ3n) is 2.27. The van der Waals surface area contributed by atoms with E-state index in [0.29, 0.717) is 6.42 Å². The van der Waals surface area contributed by atoms with E-state index in [9.17, 15) is 4.79 Å². The van der Waals surface area contributed by atoms with E-state index < -0.39 is 5.54 Å². The second-order valence-electron chi connectivity index (χ2n) is 3.97. The smallest absolute Gasteiger partial charge is 0.325 e. The minimum atomic E-state index is -0.845. The van der Waals surface area contributed by atoms with E-state index in [1.807, 2.05) is 11.8 Å². The summed E-state index contributed by atoms with van der Waals surface area (Å²) in [6.07, 6.45) is 2.66. The molecule has 0 aromatic rings. The average Bonchev–Trinajstić information content (AvgIpc) is 2.26. The minimum Gasteiger partial charge on any atom is -0.468 e. The SMILES string of the molecule is COCCCSCCCC(C)(N)C(=O)OC. The summed E-state index contributed by atoms with van der Waals surface area (Å²) in [5.74, 6) is 1.78. The van der Waals surface area contributed by atoms with Gasteiger partial charge in [-0.15, -0.1) is 0 Å². The predicted molar refractivity (Wildman–Crippen MR) is 67.7 cm³/mol. The van der Waals surface area contributed by atoms with Gasteiger partial charge >= 0.3 is 5.97 Å².